The zero-order valence-electron chi connectivity index (χ0n) is 31.4. The Morgan fingerprint density at radius 3 is 1.38 bits per heavy atom. The first kappa shape index (κ1) is 35.6. The van der Waals surface area contributed by atoms with Crippen molar-refractivity contribution in [1.29, 1.82) is 0 Å². The molecular formula is C44H56Si3Zr. The zero-order valence-corrected chi connectivity index (χ0v) is 36.9. The molecule has 0 fully saturated rings. The molecule has 2 aliphatic rings. The van der Waals surface area contributed by atoms with Crippen LogP contribution in [0.25, 0.3) is 11.1 Å². The third kappa shape index (κ3) is 6.64. The Hall–Kier alpha value is -2.24. The molecule has 2 aliphatic carbocycles. The molecule has 0 spiro atoms. The van der Waals surface area contributed by atoms with Gasteiger partial charge in [-0.15, -0.1) is 0 Å². The first-order chi connectivity index (χ1) is 22.6. The monoisotopic (exact) mass is 758 g/mol. The number of benzene rings is 4. The molecule has 0 amide bonds. The van der Waals surface area contributed by atoms with Crippen LogP contribution in [0.1, 0.15) is 57.3 Å². The number of allylic oxidation sites excluding steroid dienone is 4. The van der Waals surface area contributed by atoms with Gasteiger partial charge in [0.25, 0.3) is 0 Å². The molecule has 0 bridgehead atoms. The van der Waals surface area contributed by atoms with Crippen molar-refractivity contribution < 1.29 is 21.3 Å². The van der Waals surface area contributed by atoms with E-state index in [0.717, 1.165) is 12.8 Å². The second-order valence-electron chi connectivity index (χ2n) is 17.1. The summed E-state index contributed by atoms with van der Waals surface area (Å²) >= 11 is -2.91. The summed E-state index contributed by atoms with van der Waals surface area (Å²) in [7, 11) is -4.99. The van der Waals surface area contributed by atoms with Gasteiger partial charge in [0.05, 0.1) is 0 Å². The van der Waals surface area contributed by atoms with Gasteiger partial charge in [-0.05, 0) is 0 Å². The normalized spacial score (nSPS) is 15.2. The van der Waals surface area contributed by atoms with Crippen molar-refractivity contribution in [2.75, 3.05) is 0 Å². The first-order valence-corrected chi connectivity index (χ1v) is 32.6. The van der Waals surface area contributed by atoms with Crippen LogP contribution in [0, 0.1) is 0 Å². The zero-order chi connectivity index (χ0) is 34.6. The van der Waals surface area contributed by atoms with Crippen LogP contribution in [0.5, 0.6) is 0 Å². The summed E-state index contributed by atoms with van der Waals surface area (Å²) < 4.78 is 4.10. The van der Waals surface area contributed by atoms with Gasteiger partial charge >= 0.3 is 305 Å². The van der Waals surface area contributed by atoms with Crippen molar-refractivity contribution in [2.24, 2.45) is 0 Å². The number of aryl methyl sites for hydroxylation is 2. The van der Waals surface area contributed by atoms with Crippen LogP contribution >= 0.6 is 0 Å². The maximum atomic E-state index is 2.67. The van der Waals surface area contributed by atoms with E-state index in [1.54, 1.807) is 14.3 Å². The molecule has 48 heavy (non-hydrogen) atoms. The predicted molar refractivity (Wildman–Crippen MR) is 217 cm³/mol. The third-order valence-electron chi connectivity index (χ3n) is 10.6. The van der Waals surface area contributed by atoms with Crippen LogP contribution in [0.15, 0.2) is 116 Å². The van der Waals surface area contributed by atoms with Crippen LogP contribution in [0.4, 0.5) is 0 Å². The van der Waals surface area contributed by atoms with E-state index in [9.17, 15) is 0 Å². The molecule has 0 N–H and O–H groups in total. The average molecular weight is 760 g/mol. The SMILES string of the molecule is CCc1ccc2c(c1)[CH]([Zr]([C]1=C([Si](C)(C)C)C([Si](C)(C)C)=C([Si](C)(C)C)C1)=[C](c1ccccc1)c1ccccc1)c1cc(CC)ccc1-2. The van der Waals surface area contributed by atoms with Crippen LogP contribution < -0.4 is 0 Å². The molecule has 0 saturated heterocycles. The Morgan fingerprint density at radius 1 is 0.562 bits per heavy atom. The van der Waals surface area contributed by atoms with E-state index < -0.39 is 45.5 Å². The number of hydrogen-bond acceptors (Lipinski definition) is 0. The predicted octanol–water partition coefficient (Wildman–Crippen LogP) is 12.4. The minimum atomic E-state index is -2.91. The fraction of sp³-hybridized carbons (Fsp3) is 0.341. The van der Waals surface area contributed by atoms with Gasteiger partial charge in [0, 0.05) is 0 Å². The molecule has 6 rings (SSSR count). The van der Waals surface area contributed by atoms with E-state index in [4.69, 9.17) is 0 Å². The Bertz CT molecular complexity index is 1850. The Kier molecular flexibility index (Phi) is 9.99. The molecule has 0 nitrogen and oxygen atoms in total. The second kappa shape index (κ2) is 13.5. The Labute approximate surface area is 302 Å². The van der Waals surface area contributed by atoms with Gasteiger partial charge in [-0.1, -0.05) is 0 Å². The topological polar surface area (TPSA) is 0 Å². The van der Waals surface area contributed by atoms with Gasteiger partial charge in [0.1, 0.15) is 0 Å². The number of hydrogen-bond donors (Lipinski definition) is 0. The Morgan fingerprint density at radius 2 is 1.00 bits per heavy atom. The van der Waals surface area contributed by atoms with Crippen molar-refractivity contribution in [3.63, 3.8) is 0 Å². The molecule has 0 atom stereocenters. The summed E-state index contributed by atoms with van der Waals surface area (Å²) in [6, 6.07) is 38.3. The third-order valence-corrected chi connectivity index (χ3v) is 26.4. The van der Waals surface area contributed by atoms with Crippen LogP contribution in [0.2, 0.25) is 58.9 Å². The molecule has 4 heteroatoms. The maximum absolute atomic E-state index is 2.91. The van der Waals surface area contributed by atoms with E-state index in [1.165, 1.54) is 39.8 Å². The summed E-state index contributed by atoms with van der Waals surface area (Å²) in [6.07, 6.45) is 3.38. The fourth-order valence-electron chi connectivity index (χ4n) is 8.45. The average Bonchev–Trinajstić information content (AvgIpc) is 3.62. The van der Waals surface area contributed by atoms with Crippen molar-refractivity contribution in [3.8, 4) is 11.1 Å². The molecule has 0 aliphatic heterocycles. The van der Waals surface area contributed by atoms with Gasteiger partial charge in [-0.25, -0.2) is 0 Å². The quantitative estimate of drug-likeness (QED) is 0.149. The summed E-state index contributed by atoms with van der Waals surface area (Å²) in [5, 5.41) is 5.71. The molecular weight excluding hydrogens is 704 g/mol. The number of fused-ring (bicyclic) bond motifs is 3. The van der Waals surface area contributed by atoms with Gasteiger partial charge in [0.15, 0.2) is 0 Å². The Balaban J connectivity index is 1.85. The van der Waals surface area contributed by atoms with Crippen molar-refractivity contribution >= 4 is 27.4 Å². The molecule has 0 aromatic heterocycles. The van der Waals surface area contributed by atoms with Crippen LogP contribution in [-0.4, -0.2) is 27.4 Å². The molecule has 0 saturated carbocycles. The summed E-state index contributed by atoms with van der Waals surface area (Å²) in [5.74, 6) is 0. The van der Waals surface area contributed by atoms with Crippen molar-refractivity contribution in [3.05, 3.63) is 149 Å². The van der Waals surface area contributed by atoms with E-state index >= 15 is 0 Å². The van der Waals surface area contributed by atoms with Crippen LogP contribution in [0.3, 0.4) is 0 Å². The molecule has 4 aromatic rings. The summed E-state index contributed by atoms with van der Waals surface area (Å²) in [5.41, 5.74) is 12.1. The van der Waals surface area contributed by atoms with E-state index in [0.29, 0.717) is 3.63 Å². The summed E-state index contributed by atoms with van der Waals surface area (Å²) in [4.78, 5) is 0. The molecule has 0 unspecified atom stereocenters. The first-order valence-electron chi connectivity index (χ1n) is 18.2. The number of rotatable bonds is 9. The van der Waals surface area contributed by atoms with Crippen LogP contribution in [-0.2, 0) is 34.1 Å². The van der Waals surface area contributed by atoms with E-state index in [2.05, 4.69) is 170 Å². The fourth-order valence-corrected chi connectivity index (χ4v) is 32.0. The summed E-state index contributed by atoms with van der Waals surface area (Å²) in [6.45, 7) is 28.5. The van der Waals surface area contributed by atoms with Crippen molar-refractivity contribution in [2.45, 2.75) is 95.7 Å². The molecule has 0 heterocycles. The van der Waals surface area contributed by atoms with Crippen molar-refractivity contribution in [1.82, 2.24) is 0 Å². The van der Waals surface area contributed by atoms with E-state index in [1.807, 2.05) is 18.9 Å². The van der Waals surface area contributed by atoms with E-state index in [-0.39, 0.29) is 0 Å². The minimum absolute atomic E-state index is 0.455. The van der Waals surface area contributed by atoms with Gasteiger partial charge in [-0.2, -0.15) is 0 Å². The van der Waals surface area contributed by atoms with Gasteiger partial charge in [-0.3, -0.25) is 0 Å². The van der Waals surface area contributed by atoms with Gasteiger partial charge < -0.3 is 0 Å². The molecule has 4 aromatic carbocycles. The van der Waals surface area contributed by atoms with Gasteiger partial charge in [0.2, 0.25) is 0 Å². The molecule has 248 valence electrons. The second-order valence-corrected chi connectivity index (χ2v) is 38.4. The molecule has 0 radical (unpaired) electrons. The standard InChI is InChI=1S/C17H17.C14H29Si3.C13H10.Zr/c1-3-12-5-7-16-14(9-12)11-15-10-13(4-2)6-8-17(15)16;1-15(2,3)12-10-11-13(16(4,5)6)14(12)17(7,8)9;1-3-7-12(8-4-1)11-13-9-5-2-6-10-13;/h5-11H,3-4H2,1-2H3;10H2,1-9H3;1-10H;.